The van der Waals surface area contributed by atoms with Gasteiger partial charge in [0.2, 0.25) is 5.91 Å². The number of nitrogens with zero attached hydrogens (tertiary/aromatic N) is 1. The molecular formula is C23H27F2N3OS. The van der Waals surface area contributed by atoms with Crippen LogP contribution in [0.15, 0.2) is 71.0 Å². The second kappa shape index (κ2) is 12.1. The number of hydrogen-bond donors (Lipinski definition) is 2. The first kappa shape index (κ1) is 23.6. The molecular weight excluding hydrogens is 404 g/mol. The lowest BCUT2D eigenvalue weighted by molar-refractivity contribution is -0.118. The molecule has 30 heavy (non-hydrogen) atoms. The van der Waals surface area contributed by atoms with Crippen molar-refractivity contribution in [2.75, 3.05) is 12.3 Å². The Kier molecular flexibility index (Phi) is 9.54. The third kappa shape index (κ3) is 7.63. The summed E-state index contributed by atoms with van der Waals surface area (Å²) < 4.78 is 26.3. The van der Waals surface area contributed by atoms with Crippen molar-refractivity contribution in [3.8, 4) is 0 Å². The summed E-state index contributed by atoms with van der Waals surface area (Å²) in [7, 11) is 0. The van der Waals surface area contributed by atoms with Crippen LogP contribution in [0.3, 0.4) is 0 Å². The van der Waals surface area contributed by atoms with Crippen LogP contribution in [0.2, 0.25) is 0 Å². The second-order valence-corrected chi connectivity index (χ2v) is 7.79. The molecule has 0 radical (unpaired) electrons. The summed E-state index contributed by atoms with van der Waals surface area (Å²) in [5, 5.41) is 6.63. The Bertz CT molecular complexity index is 904. The zero-order valence-electron chi connectivity index (χ0n) is 17.3. The predicted octanol–water partition coefficient (Wildman–Crippen LogP) is 5.02. The number of benzene rings is 1. The molecule has 160 valence electrons. The highest BCUT2D eigenvalue weighted by molar-refractivity contribution is 8.14. The molecule has 0 atom stereocenters. The first-order chi connectivity index (χ1) is 14.4. The van der Waals surface area contributed by atoms with Gasteiger partial charge >= 0.3 is 0 Å². The van der Waals surface area contributed by atoms with Gasteiger partial charge in [0.1, 0.15) is 0 Å². The van der Waals surface area contributed by atoms with E-state index < -0.39 is 11.6 Å². The zero-order chi connectivity index (χ0) is 21.9. The highest BCUT2D eigenvalue weighted by atomic mass is 32.2. The van der Waals surface area contributed by atoms with Crippen LogP contribution in [0.4, 0.5) is 8.78 Å². The van der Waals surface area contributed by atoms with E-state index in [9.17, 15) is 13.6 Å². The van der Waals surface area contributed by atoms with E-state index in [4.69, 9.17) is 0 Å². The van der Waals surface area contributed by atoms with E-state index in [0.29, 0.717) is 25.1 Å². The molecule has 0 bridgehead atoms. The molecule has 7 heteroatoms. The maximum Gasteiger partial charge on any atom is 0.228 e. The number of rotatable bonds is 9. The second-order valence-electron chi connectivity index (χ2n) is 6.83. The number of amidine groups is 1. The highest BCUT2D eigenvalue weighted by Crippen LogP contribution is 2.20. The molecule has 1 aliphatic rings. The number of carbonyl (C=O) groups is 1. The largest absolute Gasteiger partial charge is 0.342 e. The van der Waals surface area contributed by atoms with Gasteiger partial charge in [-0.2, -0.15) is 0 Å². The average Bonchev–Trinajstić information content (AvgIpc) is 3.04. The fraction of sp³-hybridized carbons (Fsp3) is 0.304. The Morgan fingerprint density at radius 3 is 2.87 bits per heavy atom. The van der Waals surface area contributed by atoms with Crippen molar-refractivity contribution in [3.05, 3.63) is 83.2 Å². The van der Waals surface area contributed by atoms with Crippen LogP contribution in [0, 0.1) is 11.6 Å². The molecule has 0 fully saturated rings. The average molecular weight is 432 g/mol. The van der Waals surface area contributed by atoms with Crippen LogP contribution in [0.5, 0.6) is 0 Å². The summed E-state index contributed by atoms with van der Waals surface area (Å²) >= 11 is 1.55. The van der Waals surface area contributed by atoms with Crippen molar-refractivity contribution in [1.82, 2.24) is 10.6 Å². The molecule has 0 saturated heterocycles. The van der Waals surface area contributed by atoms with E-state index in [1.165, 1.54) is 6.07 Å². The summed E-state index contributed by atoms with van der Waals surface area (Å²) in [5.74, 6) is -0.939. The maximum atomic E-state index is 13.3. The van der Waals surface area contributed by atoms with Crippen LogP contribution in [-0.2, 0) is 11.2 Å². The van der Waals surface area contributed by atoms with Gasteiger partial charge in [0.05, 0.1) is 6.42 Å². The summed E-state index contributed by atoms with van der Waals surface area (Å²) in [6.45, 7) is 8.17. The molecule has 1 aromatic carbocycles. The van der Waals surface area contributed by atoms with E-state index in [2.05, 4.69) is 22.2 Å². The molecule has 0 unspecified atom stereocenters. The van der Waals surface area contributed by atoms with Gasteiger partial charge in [-0.05, 0) is 62.2 Å². The monoisotopic (exact) mass is 431 g/mol. The number of aryl methyl sites for hydroxylation is 1. The van der Waals surface area contributed by atoms with E-state index in [0.717, 1.165) is 40.1 Å². The molecule has 0 aliphatic carbocycles. The third-order valence-corrected chi connectivity index (χ3v) is 5.37. The smallest absolute Gasteiger partial charge is 0.228 e. The van der Waals surface area contributed by atoms with Gasteiger partial charge in [-0.25, -0.2) is 8.78 Å². The first-order valence-electron chi connectivity index (χ1n) is 9.74. The maximum absolute atomic E-state index is 13.3. The Morgan fingerprint density at radius 2 is 2.17 bits per heavy atom. The lowest BCUT2D eigenvalue weighted by atomic mass is 10.1. The number of amides is 1. The Balaban J connectivity index is 1.89. The van der Waals surface area contributed by atoms with Gasteiger partial charge in [0.25, 0.3) is 0 Å². The van der Waals surface area contributed by atoms with Crippen LogP contribution >= 0.6 is 11.8 Å². The lowest BCUT2D eigenvalue weighted by Crippen LogP contribution is -2.14. The fourth-order valence-corrected chi connectivity index (χ4v) is 3.68. The van der Waals surface area contributed by atoms with Crippen LogP contribution < -0.4 is 10.6 Å². The summed E-state index contributed by atoms with van der Waals surface area (Å²) in [6, 6.07) is 3.96. The number of aliphatic imine (C=N–C) groups is 1. The van der Waals surface area contributed by atoms with Crippen molar-refractivity contribution >= 4 is 22.8 Å². The first-order valence-corrected chi connectivity index (χ1v) is 10.7. The number of thioether (sulfide) groups is 1. The summed E-state index contributed by atoms with van der Waals surface area (Å²) in [6.07, 6.45) is 9.14. The van der Waals surface area contributed by atoms with Crippen molar-refractivity contribution in [2.24, 2.45) is 4.99 Å². The number of hydrogen-bond acceptors (Lipinski definition) is 3. The number of halogens is 2. The minimum atomic E-state index is -0.833. The van der Waals surface area contributed by atoms with E-state index >= 15 is 0 Å². The van der Waals surface area contributed by atoms with Gasteiger partial charge in [0.15, 0.2) is 16.8 Å². The standard InChI is InChI=1S/C23H27F2N3OS/c1-4-7-21-18(14-22(29)28-21)12-16(3)15-30-23(26-5-2)27-11-6-8-17-9-10-19(24)20(25)13-17/h4-5,7,9-10,12-13H,2,6,8,11,14-15H2,1,3H3,(H,26,27)(H,28,29)/b7-4-,16-12+. The quantitative estimate of drug-likeness (QED) is 0.328. The van der Waals surface area contributed by atoms with Crippen molar-refractivity contribution < 1.29 is 13.6 Å². The summed E-state index contributed by atoms with van der Waals surface area (Å²) in [4.78, 5) is 16.2. The van der Waals surface area contributed by atoms with Crippen LogP contribution in [-0.4, -0.2) is 23.4 Å². The molecule has 0 spiro atoms. The molecule has 0 aromatic heterocycles. The Labute approximate surface area is 180 Å². The van der Waals surface area contributed by atoms with E-state index in [-0.39, 0.29) is 5.91 Å². The van der Waals surface area contributed by atoms with Gasteiger partial charge in [0, 0.05) is 18.0 Å². The minimum Gasteiger partial charge on any atom is -0.342 e. The van der Waals surface area contributed by atoms with Crippen molar-refractivity contribution in [3.63, 3.8) is 0 Å². The number of carbonyl (C=O) groups excluding carboxylic acids is 1. The normalized spacial score (nSPS) is 15.1. The molecule has 1 heterocycles. The Hall–Kier alpha value is -2.67. The molecule has 2 N–H and O–H groups in total. The lowest BCUT2D eigenvalue weighted by Gasteiger charge is -2.07. The predicted molar refractivity (Wildman–Crippen MR) is 121 cm³/mol. The molecule has 1 aliphatic heterocycles. The summed E-state index contributed by atoms with van der Waals surface area (Å²) in [5.41, 5.74) is 3.70. The van der Waals surface area contributed by atoms with Crippen molar-refractivity contribution in [2.45, 2.75) is 33.1 Å². The van der Waals surface area contributed by atoms with Gasteiger partial charge in [-0.1, -0.05) is 42.1 Å². The van der Waals surface area contributed by atoms with Gasteiger partial charge in [-0.3, -0.25) is 9.79 Å². The SMILES string of the molecule is C=CNC(=NCCCc1ccc(F)c(F)c1)SC/C(C)=C/C1=C(/C=C\C)NC(=O)C1. The third-order valence-electron chi connectivity index (χ3n) is 4.25. The number of nitrogens with one attached hydrogen (secondary N) is 2. The zero-order valence-corrected chi connectivity index (χ0v) is 18.1. The molecule has 4 nitrogen and oxygen atoms in total. The van der Waals surface area contributed by atoms with Gasteiger partial charge < -0.3 is 10.6 Å². The Morgan fingerprint density at radius 1 is 1.37 bits per heavy atom. The molecule has 1 aromatic rings. The fourth-order valence-electron chi connectivity index (χ4n) is 2.89. The van der Waals surface area contributed by atoms with E-state index in [1.54, 1.807) is 24.0 Å². The molecule has 1 amide bonds. The molecule has 0 saturated carbocycles. The molecule has 2 rings (SSSR count). The van der Waals surface area contributed by atoms with E-state index in [1.807, 2.05) is 32.1 Å². The van der Waals surface area contributed by atoms with Gasteiger partial charge in [-0.15, -0.1) is 0 Å². The topological polar surface area (TPSA) is 53.5 Å². The van der Waals surface area contributed by atoms with Crippen LogP contribution in [0.25, 0.3) is 0 Å². The van der Waals surface area contributed by atoms with Crippen LogP contribution in [0.1, 0.15) is 32.3 Å². The minimum absolute atomic E-state index is 0.00594. The highest BCUT2D eigenvalue weighted by Gasteiger charge is 2.17. The number of allylic oxidation sites excluding steroid dienone is 3. The van der Waals surface area contributed by atoms with Crippen molar-refractivity contribution in [1.29, 1.82) is 0 Å².